The second-order valence-corrected chi connectivity index (χ2v) is 10.3. The highest BCUT2D eigenvalue weighted by atomic mass is 16.3. The van der Waals surface area contributed by atoms with Gasteiger partial charge in [-0.25, -0.2) is 19.9 Å². The largest absolute Gasteiger partial charge is 0.396 e. The molecule has 0 unspecified atom stereocenters. The Labute approximate surface area is 223 Å². The summed E-state index contributed by atoms with van der Waals surface area (Å²) in [5.41, 5.74) is 1.36. The van der Waals surface area contributed by atoms with Crippen molar-refractivity contribution in [2.75, 3.05) is 62.3 Å². The summed E-state index contributed by atoms with van der Waals surface area (Å²) in [5.74, 6) is 2.26. The van der Waals surface area contributed by atoms with E-state index in [1.807, 2.05) is 0 Å². The van der Waals surface area contributed by atoms with Gasteiger partial charge in [0.05, 0.1) is 13.1 Å². The third-order valence-corrected chi connectivity index (χ3v) is 7.68. The first-order chi connectivity index (χ1) is 18.7. The summed E-state index contributed by atoms with van der Waals surface area (Å²) in [5, 5.41) is 25.5. The minimum Gasteiger partial charge on any atom is -0.396 e. The Bertz CT molecular complexity index is 1040. The normalized spacial score (nSPS) is 16.5. The summed E-state index contributed by atoms with van der Waals surface area (Å²) in [7, 11) is 0. The minimum absolute atomic E-state index is 0.0171. The molecule has 0 radical (unpaired) electrons. The van der Waals surface area contributed by atoms with Gasteiger partial charge in [-0.05, 0) is 64.2 Å². The zero-order valence-corrected chi connectivity index (χ0v) is 22.2. The van der Waals surface area contributed by atoms with Gasteiger partial charge in [0.2, 0.25) is 0 Å². The van der Waals surface area contributed by atoms with E-state index >= 15 is 0 Å². The molecule has 4 rings (SSSR count). The Morgan fingerprint density at radius 1 is 0.605 bits per heavy atom. The van der Waals surface area contributed by atoms with Crippen LogP contribution in [0.3, 0.4) is 0 Å². The van der Waals surface area contributed by atoms with Gasteiger partial charge in [-0.2, -0.15) is 9.81 Å². The van der Waals surface area contributed by atoms with E-state index in [1.165, 1.54) is 12.8 Å². The summed E-state index contributed by atoms with van der Waals surface area (Å²) in [6, 6.07) is 0. The van der Waals surface area contributed by atoms with Crippen molar-refractivity contribution in [3.63, 3.8) is 0 Å². The highest BCUT2D eigenvalue weighted by Crippen LogP contribution is 2.36. The van der Waals surface area contributed by atoms with Crippen molar-refractivity contribution in [1.29, 1.82) is 0 Å². The maximum atomic E-state index is 11.0. The number of piperidine rings is 2. The van der Waals surface area contributed by atoms with E-state index in [9.17, 15) is 20.0 Å². The third-order valence-electron chi connectivity index (χ3n) is 7.68. The van der Waals surface area contributed by atoms with Crippen LogP contribution in [0.5, 0.6) is 0 Å². The van der Waals surface area contributed by atoms with E-state index in [2.05, 4.69) is 20.2 Å². The summed E-state index contributed by atoms with van der Waals surface area (Å²) in [6.07, 6.45) is 8.38. The Hall–Kier alpha value is -2.86. The Morgan fingerprint density at radius 3 is 1.37 bits per heavy atom. The lowest BCUT2D eigenvalue weighted by Gasteiger charge is -2.32. The minimum atomic E-state index is -0.233. The number of fused-ring (bicyclic) bond motifs is 1. The quantitative estimate of drug-likeness (QED) is 0.347. The number of aromatic nitrogens is 4. The number of aliphatic hydroxyl groups excluding tert-OH is 2. The molecule has 38 heavy (non-hydrogen) atoms. The van der Waals surface area contributed by atoms with Crippen molar-refractivity contribution in [1.82, 2.24) is 19.9 Å². The van der Waals surface area contributed by atoms with Crippen LogP contribution in [-0.4, -0.2) is 82.6 Å². The molecule has 0 saturated carbocycles. The number of aliphatic hydroxyl groups is 2. The zero-order valence-electron chi connectivity index (χ0n) is 22.2. The van der Waals surface area contributed by atoms with E-state index < -0.39 is 0 Å². The predicted molar refractivity (Wildman–Crippen MR) is 147 cm³/mol. The topological polar surface area (TPSA) is 157 Å². The molecule has 2 aromatic heterocycles. The number of anilines is 2. The van der Waals surface area contributed by atoms with Crippen LogP contribution in [0, 0.1) is 9.81 Å². The molecule has 0 aromatic carbocycles. The van der Waals surface area contributed by atoms with Gasteiger partial charge in [0, 0.05) is 51.2 Å². The van der Waals surface area contributed by atoms with Crippen LogP contribution in [0.15, 0.2) is 10.4 Å². The molecule has 0 bridgehead atoms. The maximum absolute atomic E-state index is 11.0. The summed E-state index contributed by atoms with van der Waals surface area (Å²) in [4.78, 5) is 46.5. The lowest BCUT2D eigenvalue weighted by Crippen LogP contribution is -2.33. The Balaban J connectivity index is 1.93. The molecule has 2 N–H and O–H groups in total. The fraction of sp³-hybridized carbons (Fsp3) is 0.769. The third kappa shape index (κ3) is 6.76. The monoisotopic (exact) mass is 528 g/mol. The van der Waals surface area contributed by atoms with Crippen molar-refractivity contribution in [3.05, 3.63) is 21.5 Å². The van der Waals surface area contributed by atoms with Crippen LogP contribution >= 0.6 is 0 Å². The molecule has 0 atom stereocenters. The van der Waals surface area contributed by atoms with Crippen LogP contribution < -0.4 is 9.80 Å². The number of nitrogens with zero attached hydrogens (tertiary/aromatic N) is 8. The molecule has 0 aliphatic carbocycles. The average Bonchev–Trinajstić information content (AvgIpc) is 2.97. The standard InChI is InChI=1S/C26H40N8O4/c35-17-9-20(10-18-36)24-30-22-21(26(32-24)34-15-5-2-6-16-34)29-23(19(7-11-27-37)8-12-28-38)31-25(22)33-13-3-1-4-14-33/h19-20,35-36H,1-18H2. The maximum Gasteiger partial charge on any atom is 0.159 e. The van der Waals surface area contributed by atoms with Gasteiger partial charge in [-0.3, -0.25) is 0 Å². The lowest BCUT2D eigenvalue weighted by molar-refractivity contribution is 0.239. The van der Waals surface area contributed by atoms with Gasteiger partial charge in [0.1, 0.15) is 22.7 Å². The predicted octanol–water partition coefficient (Wildman–Crippen LogP) is 3.65. The highest BCUT2D eigenvalue weighted by molar-refractivity contribution is 5.93. The first-order valence-electron chi connectivity index (χ1n) is 14.1. The number of hydrogen-bond donors (Lipinski definition) is 2. The van der Waals surface area contributed by atoms with Crippen LogP contribution in [-0.2, 0) is 0 Å². The van der Waals surface area contributed by atoms with Crippen molar-refractivity contribution in [2.45, 2.75) is 76.0 Å². The van der Waals surface area contributed by atoms with Gasteiger partial charge >= 0.3 is 0 Å². The molecular formula is C26H40N8O4. The van der Waals surface area contributed by atoms with E-state index in [0.717, 1.165) is 63.5 Å². The molecule has 208 valence electrons. The SMILES string of the molecule is O=NCCC(CCN=O)c1nc(N2CCCCC2)c2nc(C(CCO)CCO)nc(N3CCCCC3)c2n1. The molecule has 0 amide bonds. The first kappa shape index (κ1) is 28.2. The van der Waals surface area contributed by atoms with E-state index in [1.54, 1.807) is 0 Å². The molecule has 2 aromatic rings. The molecule has 2 fully saturated rings. The van der Waals surface area contributed by atoms with Crippen molar-refractivity contribution < 1.29 is 10.2 Å². The van der Waals surface area contributed by atoms with Gasteiger partial charge in [-0.15, -0.1) is 0 Å². The second kappa shape index (κ2) is 14.3. The molecule has 4 heterocycles. The second-order valence-electron chi connectivity index (χ2n) is 10.3. The van der Waals surface area contributed by atoms with Crippen LogP contribution in [0.2, 0.25) is 0 Å². The molecule has 0 spiro atoms. The molecular weight excluding hydrogens is 488 g/mol. The fourth-order valence-corrected chi connectivity index (χ4v) is 5.57. The molecule has 12 heteroatoms. The Kier molecular flexibility index (Phi) is 10.6. The van der Waals surface area contributed by atoms with Gasteiger partial charge in [-0.1, -0.05) is 10.4 Å². The van der Waals surface area contributed by atoms with Crippen molar-refractivity contribution >= 4 is 22.7 Å². The lowest BCUT2D eigenvalue weighted by atomic mass is 9.99. The van der Waals surface area contributed by atoms with Gasteiger partial charge in [0.25, 0.3) is 0 Å². The zero-order chi connectivity index (χ0) is 26.7. The summed E-state index contributed by atoms with van der Waals surface area (Å²) in [6.45, 7) is 3.64. The molecule has 2 aliphatic rings. The van der Waals surface area contributed by atoms with Crippen molar-refractivity contribution in [2.24, 2.45) is 10.4 Å². The molecule has 2 aliphatic heterocycles. The van der Waals surface area contributed by atoms with Crippen LogP contribution in [0.25, 0.3) is 11.0 Å². The fourth-order valence-electron chi connectivity index (χ4n) is 5.57. The molecule has 2 saturated heterocycles. The summed E-state index contributed by atoms with van der Waals surface area (Å²) < 4.78 is 0. The Morgan fingerprint density at radius 2 is 1.00 bits per heavy atom. The van der Waals surface area contributed by atoms with E-state index in [4.69, 9.17) is 19.9 Å². The highest BCUT2D eigenvalue weighted by Gasteiger charge is 2.28. The smallest absolute Gasteiger partial charge is 0.159 e. The van der Waals surface area contributed by atoms with E-state index in [0.29, 0.717) is 48.4 Å². The first-order valence-corrected chi connectivity index (χ1v) is 14.1. The average molecular weight is 529 g/mol. The van der Waals surface area contributed by atoms with Crippen molar-refractivity contribution in [3.8, 4) is 0 Å². The number of hydrogen-bond acceptors (Lipinski definition) is 12. The van der Waals surface area contributed by atoms with Gasteiger partial charge in [0.15, 0.2) is 11.6 Å². The van der Waals surface area contributed by atoms with E-state index in [-0.39, 0.29) is 38.1 Å². The van der Waals surface area contributed by atoms with Gasteiger partial charge < -0.3 is 20.0 Å². The number of rotatable bonds is 14. The van der Waals surface area contributed by atoms with Crippen LogP contribution in [0.1, 0.15) is 87.7 Å². The summed E-state index contributed by atoms with van der Waals surface area (Å²) >= 11 is 0. The van der Waals surface area contributed by atoms with Crippen LogP contribution in [0.4, 0.5) is 11.6 Å². The number of nitroso groups, excluding NO2 is 2. The molecule has 12 nitrogen and oxygen atoms in total.